The van der Waals surface area contributed by atoms with Gasteiger partial charge in [-0.15, -0.1) is 11.5 Å². The Labute approximate surface area is 83.6 Å². The van der Waals surface area contributed by atoms with Crippen LogP contribution in [-0.4, -0.2) is 19.3 Å². The molecule has 2 atom stereocenters. The molecule has 0 aliphatic carbocycles. The van der Waals surface area contributed by atoms with Crippen LogP contribution in [-0.2, 0) is 0 Å². The number of aliphatic hydroxyl groups excluding tert-OH is 1. The Kier molecular flexibility index (Phi) is 4.73. The lowest BCUT2D eigenvalue weighted by Crippen LogP contribution is -2.24. The molecule has 0 unspecified atom stereocenters. The van der Waals surface area contributed by atoms with Crippen LogP contribution in [0.4, 0.5) is 0 Å². The molecular weight excluding hydrogens is 176 g/mol. The summed E-state index contributed by atoms with van der Waals surface area (Å²) in [6, 6.07) is 0. The molecule has 0 amide bonds. The molecule has 0 aliphatic rings. The summed E-state index contributed by atoms with van der Waals surface area (Å²) in [6.07, 6.45) is -0.288. The first-order valence-corrected chi connectivity index (χ1v) is 8.45. The van der Waals surface area contributed by atoms with Crippen LogP contribution in [0.25, 0.3) is 0 Å². The SMILES string of the molecule is CC(C)[C@@H](O)[C@@H](C)C#C[Si](C)(C)C. The van der Waals surface area contributed by atoms with E-state index < -0.39 is 8.07 Å². The third-order valence-corrected chi connectivity index (χ3v) is 2.76. The normalized spacial score (nSPS) is 16.3. The Morgan fingerprint density at radius 1 is 1.08 bits per heavy atom. The third-order valence-electron chi connectivity index (χ3n) is 1.87. The lowest BCUT2D eigenvalue weighted by atomic mass is 9.96. The molecule has 0 aromatic heterocycles. The van der Waals surface area contributed by atoms with Crippen molar-refractivity contribution in [2.45, 2.75) is 46.5 Å². The lowest BCUT2D eigenvalue weighted by molar-refractivity contribution is 0.0946. The van der Waals surface area contributed by atoms with Gasteiger partial charge in [0.15, 0.2) is 0 Å². The van der Waals surface area contributed by atoms with Gasteiger partial charge in [0, 0.05) is 5.92 Å². The summed E-state index contributed by atoms with van der Waals surface area (Å²) in [5.41, 5.74) is 3.29. The maximum atomic E-state index is 9.70. The summed E-state index contributed by atoms with van der Waals surface area (Å²) in [4.78, 5) is 0. The summed E-state index contributed by atoms with van der Waals surface area (Å²) in [6.45, 7) is 12.7. The van der Waals surface area contributed by atoms with Gasteiger partial charge in [-0.25, -0.2) is 0 Å². The standard InChI is InChI=1S/C11H22OSi/c1-9(2)11(12)10(3)7-8-13(4,5)6/h9-12H,1-6H3/t10-,11+/m0/s1. The van der Waals surface area contributed by atoms with Crippen LogP contribution in [0.15, 0.2) is 0 Å². The van der Waals surface area contributed by atoms with Crippen molar-refractivity contribution in [2.75, 3.05) is 0 Å². The summed E-state index contributed by atoms with van der Waals surface area (Å²) in [5.74, 6) is 3.57. The zero-order chi connectivity index (χ0) is 10.6. The molecule has 0 fully saturated rings. The zero-order valence-electron chi connectivity index (χ0n) is 9.68. The van der Waals surface area contributed by atoms with Gasteiger partial charge in [0.25, 0.3) is 0 Å². The first kappa shape index (κ1) is 12.7. The molecule has 0 heterocycles. The molecule has 13 heavy (non-hydrogen) atoms. The topological polar surface area (TPSA) is 20.2 Å². The first-order chi connectivity index (χ1) is 5.74. The average Bonchev–Trinajstić information content (AvgIpc) is 1.97. The minimum atomic E-state index is -1.27. The van der Waals surface area contributed by atoms with Crippen LogP contribution in [0.2, 0.25) is 19.6 Å². The fraction of sp³-hybridized carbons (Fsp3) is 0.818. The predicted molar refractivity (Wildman–Crippen MR) is 61.1 cm³/mol. The van der Waals surface area contributed by atoms with E-state index in [1.807, 2.05) is 20.8 Å². The second-order valence-corrected chi connectivity index (χ2v) is 9.79. The van der Waals surface area contributed by atoms with Crippen LogP contribution in [0, 0.1) is 23.3 Å². The molecule has 0 aliphatic heterocycles. The summed E-state index contributed by atoms with van der Waals surface area (Å²) < 4.78 is 0. The van der Waals surface area contributed by atoms with E-state index in [0.717, 1.165) is 0 Å². The fourth-order valence-corrected chi connectivity index (χ4v) is 1.65. The van der Waals surface area contributed by atoms with E-state index >= 15 is 0 Å². The molecule has 1 nitrogen and oxygen atoms in total. The molecule has 0 radical (unpaired) electrons. The Bertz CT molecular complexity index is 204. The van der Waals surface area contributed by atoms with Crippen molar-refractivity contribution >= 4 is 8.07 Å². The molecule has 0 spiro atoms. The summed E-state index contributed by atoms with van der Waals surface area (Å²) >= 11 is 0. The number of hydrogen-bond donors (Lipinski definition) is 1. The van der Waals surface area contributed by atoms with Gasteiger partial charge >= 0.3 is 0 Å². The lowest BCUT2D eigenvalue weighted by Gasteiger charge is -2.17. The van der Waals surface area contributed by atoms with Crippen molar-refractivity contribution < 1.29 is 5.11 Å². The van der Waals surface area contributed by atoms with Gasteiger partial charge in [0.1, 0.15) is 8.07 Å². The van der Waals surface area contributed by atoms with E-state index in [4.69, 9.17) is 0 Å². The number of aliphatic hydroxyl groups is 1. The maximum Gasteiger partial charge on any atom is 0.129 e. The van der Waals surface area contributed by atoms with E-state index in [1.165, 1.54) is 0 Å². The summed E-state index contributed by atoms with van der Waals surface area (Å²) in [5, 5.41) is 9.70. The van der Waals surface area contributed by atoms with Crippen molar-refractivity contribution in [1.82, 2.24) is 0 Å². The van der Waals surface area contributed by atoms with Crippen molar-refractivity contribution in [3.8, 4) is 11.5 Å². The van der Waals surface area contributed by atoms with Gasteiger partial charge in [-0.2, -0.15) is 0 Å². The highest BCUT2D eigenvalue weighted by molar-refractivity contribution is 6.83. The molecule has 76 valence electrons. The summed E-state index contributed by atoms with van der Waals surface area (Å²) in [7, 11) is -1.27. The molecule has 0 bridgehead atoms. The van der Waals surface area contributed by atoms with Gasteiger partial charge in [0.05, 0.1) is 6.10 Å². The molecule has 1 N–H and O–H groups in total. The molecule has 2 heteroatoms. The minimum absolute atomic E-state index is 0.103. The van der Waals surface area contributed by atoms with Crippen molar-refractivity contribution in [3.05, 3.63) is 0 Å². The highest BCUT2D eigenvalue weighted by Gasteiger charge is 2.16. The van der Waals surface area contributed by atoms with Crippen LogP contribution < -0.4 is 0 Å². The Morgan fingerprint density at radius 2 is 1.54 bits per heavy atom. The van der Waals surface area contributed by atoms with Crippen LogP contribution in [0.3, 0.4) is 0 Å². The number of hydrogen-bond acceptors (Lipinski definition) is 1. The second kappa shape index (κ2) is 4.83. The van der Waals surface area contributed by atoms with Gasteiger partial charge in [-0.05, 0) is 12.8 Å². The largest absolute Gasteiger partial charge is 0.392 e. The Hall–Kier alpha value is -0.263. The number of rotatable bonds is 2. The molecule has 0 saturated heterocycles. The van der Waals surface area contributed by atoms with E-state index in [1.54, 1.807) is 0 Å². The van der Waals surface area contributed by atoms with Gasteiger partial charge in [0.2, 0.25) is 0 Å². The van der Waals surface area contributed by atoms with E-state index in [0.29, 0.717) is 5.92 Å². The van der Waals surface area contributed by atoms with Crippen LogP contribution >= 0.6 is 0 Å². The van der Waals surface area contributed by atoms with E-state index in [-0.39, 0.29) is 12.0 Å². The first-order valence-electron chi connectivity index (χ1n) is 4.95. The second-order valence-electron chi connectivity index (χ2n) is 5.04. The highest BCUT2D eigenvalue weighted by atomic mass is 28.3. The minimum Gasteiger partial charge on any atom is -0.392 e. The van der Waals surface area contributed by atoms with Gasteiger partial charge in [-0.1, -0.05) is 33.5 Å². The highest BCUT2D eigenvalue weighted by Crippen LogP contribution is 2.11. The molecule has 0 aromatic carbocycles. The quantitative estimate of drug-likeness (QED) is 0.534. The molecular formula is C11H22OSi. The maximum absolute atomic E-state index is 9.70. The van der Waals surface area contributed by atoms with E-state index in [9.17, 15) is 5.11 Å². The van der Waals surface area contributed by atoms with Crippen LogP contribution in [0.5, 0.6) is 0 Å². The predicted octanol–water partition coefficient (Wildman–Crippen LogP) is 2.52. The Balaban J connectivity index is 4.27. The van der Waals surface area contributed by atoms with Crippen molar-refractivity contribution in [2.24, 2.45) is 11.8 Å². The average molecular weight is 198 g/mol. The van der Waals surface area contributed by atoms with Gasteiger partial charge in [-0.3, -0.25) is 0 Å². The monoisotopic (exact) mass is 198 g/mol. The zero-order valence-corrected chi connectivity index (χ0v) is 10.7. The van der Waals surface area contributed by atoms with Crippen molar-refractivity contribution in [1.29, 1.82) is 0 Å². The fourth-order valence-electron chi connectivity index (χ4n) is 0.993. The van der Waals surface area contributed by atoms with E-state index in [2.05, 4.69) is 31.1 Å². The molecule has 0 aromatic rings. The third kappa shape index (κ3) is 5.90. The molecule has 0 rings (SSSR count). The van der Waals surface area contributed by atoms with Crippen molar-refractivity contribution in [3.63, 3.8) is 0 Å². The van der Waals surface area contributed by atoms with Crippen LogP contribution in [0.1, 0.15) is 20.8 Å². The Morgan fingerprint density at radius 3 is 1.85 bits per heavy atom. The molecule has 0 saturated carbocycles. The smallest absolute Gasteiger partial charge is 0.129 e. The van der Waals surface area contributed by atoms with Gasteiger partial charge < -0.3 is 5.11 Å².